The molecule has 0 bridgehead atoms. The molecule has 0 aliphatic carbocycles. The molecule has 1 saturated heterocycles. The van der Waals surface area contributed by atoms with Crippen molar-refractivity contribution < 1.29 is 9.59 Å². The van der Waals surface area contributed by atoms with Crippen LogP contribution in [0.3, 0.4) is 0 Å². The van der Waals surface area contributed by atoms with Crippen molar-refractivity contribution in [3.8, 4) is 0 Å². The van der Waals surface area contributed by atoms with Crippen molar-refractivity contribution in [2.24, 2.45) is 0 Å². The molecule has 2 aliphatic heterocycles. The molecule has 1 aromatic rings. The van der Waals surface area contributed by atoms with Crippen LogP contribution in [0.25, 0.3) is 0 Å². The summed E-state index contributed by atoms with van der Waals surface area (Å²) in [4.78, 5) is 25.1. The molecule has 1 aromatic carbocycles. The Bertz CT molecular complexity index is 427. The van der Waals surface area contributed by atoms with Gasteiger partial charge in [-0.1, -0.05) is 24.3 Å². The Balaban J connectivity index is 2.00. The predicted octanol–water partition coefficient (Wildman–Crippen LogP) is 0.0697. The van der Waals surface area contributed by atoms with E-state index in [-0.39, 0.29) is 24.4 Å². The quantitative estimate of drug-likeness (QED) is 0.667. The zero-order valence-electron chi connectivity index (χ0n) is 8.77. The second-order valence-corrected chi connectivity index (χ2v) is 4.23. The summed E-state index contributed by atoms with van der Waals surface area (Å²) >= 11 is 0. The van der Waals surface area contributed by atoms with E-state index in [1.54, 1.807) is 4.90 Å². The number of nitrogens with one attached hydrogen (secondary N) is 1. The lowest BCUT2D eigenvalue weighted by atomic mass is 9.92. The van der Waals surface area contributed by atoms with Crippen molar-refractivity contribution in [2.75, 3.05) is 6.54 Å². The van der Waals surface area contributed by atoms with Gasteiger partial charge in [-0.3, -0.25) is 9.59 Å². The normalized spacial score (nSPS) is 23.5. The fourth-order valence-electron chi connectivity index (χ4n) is 2.40. The molecule has 4 heteroatoms. The first kappa shape index (κ1) is 9.39. The number of nitrogens with zero attached hydrogens (tertiary/aromatic N) is 1. The molecule has 1 N–H and O–H groups in total. The Labute approximate surface area is 93.2 Å². The maximum Gasteiger partial charge on any atom is 0.243 e. The summed E-state index contributed by atoms with van der Waals surface area (Å²) in [6.07, 6.45) is 0.633. The standard InChI is InChI=1S/C12H12N2O2/c15-11-6-13-12(16)10-5-8-3-1-2-4-9(8)7-14(10)11/h1-4,10H,5-7H2,(H,13,16)/t10-/m0/s1. The second-order valence-electron chi connectivity index (χ2n) is 4.23. The molecule has 2 aliphatic rings. The molecule has 0 radical (unpaired) electrons. The zero-order chi connectivity index (χ0) is 11.1. The van der Waals surface area contributed by atoms with Gasteiger partial charge in [0.1, 0.15) is 6.04 Å². The summed E-state index contributed by atoms with van der Waals surface area (Å²) in [5.74, 6) is -0.0202. The largest absolute Gasteiger partial charge is 0.345 e. The van der Waals surface area contributed by atoms with Gasteiger partial charge in [-0.15, -0.1) is 0 Å². The van der Waals surface area contributed by atoms with Gasteiger partial charge in [0.25, 0.3) is 0 Å². The Morgan fingerprint density at radius 3 is 2.75 bits per heavy atom. The van der Waals surface area contributed by atoms with E-state index >= 15 is 0 Å². The first-order valence-electron chi connectivity index (χ1n) is 5.39. The molecule has 1 atom stereocenters. The highest BCUT2D eigenvalue weighted by molar-refractivity contribution is 5.95. The van der Waals surface area contributed by atoms with Crippen molar-refractivity contribution in [1.82, 2.24) is 10.2 Å². The highest BCUT2D eigenvalue weighted by Gasteiger charge is 2.37. The fraction of sp³-hybridized carbons (Fsp3) is 0.333. The molecular formula is C12H12N2O2. The zero-order valence-corrected chi connectivity index (χ0v) is 8.77. The minimum atomic E-state index is -0.309. The maximum absolute atomic E-state index is 11.7. The van der Waals surface area contributed by atoms with Crippen LogP contribution in [0.5, 0.6) is 0 Å². The average Bonchev–Trinajstić information content (AvgIpc) is 2.32. The van der Waals surface area contributed by atoms with Crippen LogP contribution in [0.4, 0.5) is 0 Å². The summed E-state index contributed by atoms with van der Waals surface area (Å²) in [7, 11) is 0. The third-order valence-corrected chi connectivity index (χ3v) is 3.29. The summed E-state index contributed by atoms with van der Waals surface area (Å²) < 4.78 is 0. The lowest BCUT2D eigenvalue weighted by molar-refractivity contribution is -0.146. The Hall–Kier alpha value is -1.84. The van der Waals surface area contributed by atoms with Gasteiger partial charge in [0.05, 0.1) is 6.54 Å². The fourth-order valence-corrected chi connectivity index (χ4v) is 2.40. The molecule has 82 valence electrons. The first-order valence-corrected chi connectivity index (χ1v) is 5.39. The van der Waals surface area contributed by atoms with E-state index in [0.29, 0.717) is 13.0 Å². The molecule has 0 spiro atoms. The van der Waals surface area contributed by atoms with E-state index in [4.69, 9.17) is 0 Å². The maximum atomic E-state index is 11.7. The van der Waals surface area contributed by atoms with Crippen LogP contribution < -0.4 is 5.32 Å². The van der Waals surface area contributed by atoms with Crippen LogP contribution >= 0.6 is 0 Å². The van der Waals surface area contributed by atoms with Crippen molar-refractivity contribution in [1.29, 1.82) is 0 Å². The van der Waals surface area contributed by atoms with E-state index in [1.165, 1.54) is 5.56 Å². The smallest absolute Gasteiger partial charge is 0.243 e. The van der Waals surface area contributed by atoms with Crippen LogP contribution in [-0.4, -0.2) is 29.3 Å². The first-order chi connectivity index (χ1) is 7.75. The molecule has 0 saturated carbocycles. The Morgan fingerprint density at radius 2 is 1.94 bits per heavy atom. The van der Waals surface area contributed by atoms with E-state index in [2.05, 4.69) is 5.32 Å². The van der Waals surface area contributed by atoms with Crippen molar-refractivity contribution in [3.05, 3.63) is 35.4 Å². The van der Waals surface area contributed by atoms with Crippen LogP contribution in [0.2, 0.25) is 0 Å². The van der Waals surface area contributed by atoms with Gasteiger partial charge in [-0.25, -0.2) is 0 Å². The van der Waals surface area contributed by atoms with Crippen LogP contribution in [0.15, 0.2) is 24.3 Å². The Morgan fingerprint density at radius 1 is 1.19 bits per heavy atom. The molecular weight excluding hydrogens is 204 g/mol. The topological polar surface area (TPSA) is 49.4 Å². The minimum Gasteiger partial charge on any atom is -0.345 e. The number of fused-ring (bicyclic) bond motifs is 2. The third kappa shape index (κ3) is 1.30. The van der Waals surface area contributed by atoms with Gasteiger partial charge in [0.2, 0.25) is 11.8 Å². The van der Waals surface area contributed by atoms with Gasteiger partial charge < -0.3 is 10.2 Å². The molecule has 3 rings (SSSR count). The number of hydrogen-bond acceptors (Lipinski definition) is 2. The monoisotopic (exact) mass is 216 g/mol. The van der Waals surface area contributed by atoms with Crippen LogP contribution in [-0.2, 0) is 22.6 Å². The third-order valence-electron chi connectivity index (χ3n) is 3.29. The summed E-state index contributed by atoms with van der Waals surface area (Å²) in [6.45, 7) is 0.699. The van der Waals surface area contributed by atoms with Gasteiger partial charge in [-0.05, 0) is 11.1 Å². The molecule has 4 nitrogen and oxygen atoms in total. The number of amides is 2. The number of rotatable bonds is 0. The van der Waals surface area contributed by atoms with Gasteiger partial charge >= 0.3 is 0 Å². The van der Waals surface area contributed by atoms with E-state index in [1.807, 2.05) is 24.3 Å². The summed E-state index contributed by atoms with van der Waals surface area (Å²) in [5.41, 5.74) is 2.33. The molecule has 1 fully saturated rings. The lowest BCUT2D eigenvalue weighted by Crippen LogP contribution is -2.60. The number of carbonyl (C=O) groups is 2. The minimum absolute atomic E-state index is 0.0131. The number of carbonyl (C=O) groups excluding carboxylic acids is 2. The van der Waals surface area contributed by atoms with Crippen LogP contribution in [0, 0.1) is 0 Å². The number of benzene rings is 1. The highest BCUT2D eigenvalue weighted by Crippen LogP contribution is 2.24. The predicted molar refractivity (Wildman–Crippen MR) is 57.5 cm³/mol. The highest BCUT2D eigenvalue weighted by atomic mass is 16.2. The van der Waals surface area contributed by atoms with E-state index in [9.17, 15) is 9.59 Å². The molecule has 2 amide bonds. The SMILES string of the molecule is O=C1NCC(=O)N2Cc3ccccc3C[C@@H]12. The molecule has 0 aromatic heterocycles. The summed E-state index contributed by atoms with van der Waals surface area (Å²) in [5, 5.41) is 2.63. The van der Waals surface area contributed by atoms with E-state index < -0.39 is 0 Å². The Kier molecular flexibility index (Phi) is 1.96. The number of hydrogen-bond donors (Lipinski definition) is 1. The average molecular weight is 216 g/mol. The second kappa shape index (κ2) is 3.33. The molecule has 2 heterocycles. The van der Waals surface area contributed by atoms with Crippen molar-refractivity contribution >= 4 is 11.8 Å². The van der Waals surface area contributed by atoms with Crippen molar-refractivity contribution in [2.45, 2.75) is 19.0 Å². The summed E-state index contributed by atoms with van der Waals surface area (Å²) in [6, 6.07) is 7.67. The lowest BCUT2D eigenvalue weighted by Gasteiger charge is -2.39. The molecule has 16 heavy (non-hydrogen) atoms. The molecule has 0 unspecified atom stereocenters. The van der Waals surface area contributed by atoms with Crippen LogP contribution in [0.1, 0.15) is 11.1 Å². The van der Waals surface area contributed by atoms with Gasteiger partial charge in [-0.2, -0.15) is 0 Å². The van der Waals surface area contributed by atoms with Crippen molar-refractivity contribution in [3.63, 3.8) is 0 Å². The van der Waals surface area contributed by atoms with Gasteiger partial charge in [0, 0.05) is 13.0 Å². The van der Waals surface area contributed by atoms with E-state index in [0.717, 1.165) is 5.56 Å². The number of piperazine rings is 1. The van der Waals surface area contributed by atoms with Gasteiger partial charge in [0.15, 0.2) is 0 Å².